The minimum atomic E-state index is -2.31. The van der Waals surface area contributed by atoms with Crippen molar-refractivity contribution in [3.63, 3.8) is 0 Å². The average Bonchev–Trinajstić information content (AvgIpc) is 3.41. The predicted octanol–water partition coefficient (Wildman–Crippen LogP) is 4.20. The Hall–Kier alpha value is -2.97. The van der Waals surface area contributed by atoms with Gasteiger partial charge in [-0.1, -0.05) is 11.2 Å². The van der Waals surface area contributed by atoms with E-state index in [-0.39, 0.29) is 18.7 Å². The molecule has 9 heteroatoms. The number of nitrogen functional groups attached to an aromatic ring is 1. The second-order valence-corrected chi connectivity index (χ2v) is 7.28. The van der Waals surface area contributed by atoms with Crippen molar-refractivity contribution in [2.24, 2.45) is 0 Å². The highest BCUT2D eigenvalue weighted by Crippen LogP contribution is 2.34. The number of carbonyl (C=O) groups is 2. The zero-order valence-electron chi connectivity index (χ0n) is 17.3. The van der Waals surface area contributed by atoms with Gasteiger partial charge in [0.25, 0.3) is 0 Å². The lowest BCUT2D eigenvalue weighted by Crippen LogP contribution is -2.12. The van der Waals surface area contributed by atoms with Gasteiger partial charge in [-0.3, -0.25) is 9.59 Å². The lowest BCUT2D eigenvalue weighted by molar-refractivity contribution is -0.119. The van der Waals surface area contributed by atoms with Gasteiger partial charge in [0.15, 0.2) is 0 Å². The van der Waals surface area contributed by atoms with Gasteiger partial charge in [0.2, 0.25) is 18.2 Å². The smallest absolute Gasteiger partial charge is 0.248 e. The number of hydrogen-bond donors (Lipinski definition) is 3. The third-order valence-electron chi connectivity index (χ3n) is 4.83. The molecule has 1 aliphatic carbocycles. The molecular formula is C21H28F2N4O3. The summed E-state index contributed by atoms with van der Waals surface area (Å²) in [6.07, 6.45) is 4.03. The molecule has 0 spiro atoms. The van der Waals surface area contributed by atoms with E-state index in [1.807, 2.05) is 19.9 Å². The van der Waals surface area contributed by atoms with Crippen molar-refractivity contribution in [3.05, 3.63) is 29.7 Å². The number of hydrogen-bond acceptors (Lipinski definition) is 5. The minimum absolute atomic E-state index is 0.118. The van der Waals surface area contributed by atoms with Crippen molar-refractivity contribution in [1.82, 2.24) is 10.5 Å². The molecule has 2 aliphatic rings. The van der Waals surface area contributed by atoms with Gasteiger partial charge in [-0.25, -0.2) is 8.78 Å². The van der Waals surface area contributed by atoms with Crippen molar-refractivity contribution in [2.75, 3.05) is 17.6 Å². The summed E-state index contributed by atoms with van der Waals surface area (Å²) in [5.74, 6) is -1.36. The summed E-state index contributed by atoms with van der Waals surface area (Å²) in [4.78, 5) is 20.6. The maximum absolute atomic E-state index is 11.9. The molecule has 1 aromatic carbocycles. The SMILES string of the molecule is Cc1noc(C)c1-c1ccc(N)c(NC=O)c1.FC1(F)CCCC1.O=C1CCCN1. The number of amides is 2. The summed E-state index contributed by atoms with van der Waals surface area (Å²) >= 11 is 0. The Labute approximate surface area is 174 Å². The van der Waals surface area contributed by atoms with E-state index in [0.717, 1.165) is 42.0 Å². The number of rotatable bonds is 3. The zero-order valence-corrected chi connectivity index (χ0v) is 17.3. The van der Waals surface area contributed by atoms with Crippen LogP contribution < -0.4 is 16.4 Å². The number of aromatic nitrogens is 1. The fourth-order valence-corrected chi connectivity index (χ4v) is 3.25. The lowest BCUT2D eigenvalue weighted by atomic mass is 10.0. The van der Waals surface area contributed by atoms with Crippen molar-refractivity contribution in [2.45, 2.75) is 58.3 Å². The van der Waals surface area contributed by atoms with Crippen molar-refractivity contribution >= 4 is 23.7 Å². The first-order valence-corrected chi connectivity index (χ1v) is 9.91. The van der Waals surface area contributed by atoms with Gasteiger partial charge in [-0.15, -0.1) is 0 Å². The van der Waals surface area contributed by atoms with Gasteiger partial charge in [0.1, 0.15) is 5.76 Å². The second-order valence-electron chi connectivity index (χ2n) is 7.28. The first-order valence-electron chi connectivity index (χ1n) is 9.91. The highest BCUT2D eigenvalue weighted by molar-refractivity contribution is 5.84. The minimum Gasteiger partial charge on any atom is -0.397 e. The number of nitrogens with one attached hydrogen (secondary N) is 2. The number of carbonyl (C=O) groups excluding carboxylic acids is 2. The number of halogens is 2. The molecule has 7 nitrogen and oxygen atoms in total. The topological polar surface area (TPSA) is 110 Å². The zero-order chi connectivity index (χ0) is 22.1. The van der Waals surface area contributed by atoms with Crippen molar-refractivity contribution in [3.8, 4) is 11.1 Å². The largest absolute Gasteiger partial charge is 0.397 e. The number of anilines is 2. The van der Waals surface area contributed by atoms with Crippen LogP contribution >= 0.6 is 0 Å². The highest BCUT2D eigenvalue weighted by Gasteiger charge is 2.32. The molecule has 2 heterocycles. The maximum Gasteiger partial charge on any atom is 0.248 e. The Bertz CT molecular complexity index is 832. The van der Waals surface area contributed by atoms with Gasteiger partial charge in [-0.2, -0.15) is 0 Å². The van der Waals surface area contributed by atoms with Crippen LogP contribution in [-0.4, -0.2) is 29.9 Å². The average molecular weight is 422 g/mol. The molecule has 0 unspecified atom stereocenters. The molecule has 4 N–H and O–H groups in total. The predicted molar refractivity (Wildman–Crippen MR) is 111 cm³/mol. The van der Waals surface area contributed by atoms with Crippen LogP contribution in [0.4, 0.5) is 20.2 Å². The first kappa shape index (κ1) is 23.3. The molecule has 2 fully saturated rings. The summed E-state index contributed by atoms with van der Waals surface area (Å²) in [5.41, 5.74) is 9.50. The Kier molecular flexibility index (Phi) is 8.32. The fraction of sp³-hybridized carbons (Fsp3) is 0.476. The summed E-state index contributed by atoms with van der Waals surface area (Å²) in [6, 6.07) is 5.42. The molecule has 30 heavy (non-hydrogen) atoms. The molecule has 1 saturated carbocycles. The molecule has 164 valence electrons. The van der Waals surface area contributed by atoms with E-state index >= 15 is 0 Å². The quantitative estimate of drug-likeness (QED) is 0.507. The number of aryl methyl sites for hydroxylation is 2. The van der Waals surface area contributed by atoms with Crippen LogP contribution in [0, 0.1) is 13.8 Å². The van der Waals surface area contributed by atoms with Crippen LogP contribution in [0.15, 0.2) is 22.7 Å². The monoisotopic (exact) mass is 422 g/mol. The van der Waals surface area contributed by atoms with Gasteiger partial charge in [0, 0.05) is 31.4 Å². The third-order valence-corrected chi connectivity index (χ3v) is 4.83. The highest BCUT2D eigenvalue weighted by atomic mass is 19.3. The van der Waals surface area contributed by atoms with Gasteiger partial charge in [-0.05, 0) is 50.8 Å². The van der Waals surface area contributed by atoms with E-state index < -0.39 is 5.92 Å². The molecule has 2 amide bonds. The number of alkyl halides is 2. The third kappa shape index (κ3) is 6.82. The molecule has 0 radical (unpaired) electrons. The van der Waals surface area contributed by atoms with E-state index in [1.165, 1.54) is 0 Å². The molecule has 1 aromatic heterocycles. The number of nitrogens with two attached hydrogens (primary N) is 1. The maximum atomic E-state index is 11.9. The van der Waals surface area contributed by atoms with Crippen LogP contribution in [0.5, 0.6) is 0 Å². The number of nitrogens with zero attached hydrogens (tertiary/aromatic N) is 1. The van der Waals surface area contributed by atoms with Crippen LogP contribution in [-0.2, 0) is 9.59 Å². The molecule has 0 bridgehead atoms. The van der Waals surface area contributed by atoms with Crippen LogP contribution in [0.2, 0.25) is 0 Å². The fourth-order valence-electron chi connectivity index (χ4n) is 3.25. The van der Waals surface area contributed by atoms with Crippen molar-refractivity contribution < 1.29 is 22.9 Å². The van der Waals surface area contributed by atoms with Gasteiger partial charge < -0.3 is 20.9 Å². The Balaban J connectivity index is 0.000000200. The Morgan fingerprint density at radius 3 is 2.33 bits per heavy atom. The van der Waals surface area contributed by atoms with Gasteiger partial charge in [0.05, 0.1) is 17.1 Å². The normalized spacial score (nSPS) is 16.6. The standard InChI is InChI=1S/C12H13N3O2.C5H8F2.C4H7NO/c1-7-12(8(2)17-15-7)9-3-4-10(13)11(5-9)14-6-16;6-5(7)3-1-2-4-5;6-4-2-1-3-5-4/h3-6H,13H2,1-2H3,(H,14,16);1-4H2;1-3H2,(H,5,6). The van der Waals surface area contributed by atoms with E-state index in [4.69, 9.17) is 10.3 Å². The summed E-state index contributed by atoms with van der Waals surface area (Å²) < 4.78 is 29.0. The van der Waals surface area contributed by atoms with Crippen LogP contribution in [0.25, 0.3) is 11.1 Å². The molecule has 4 rings (SSSR count). The van der Waals surface area contributed by atoms with E-state index in [0.29, 0.717) is 30.6 Å². The summed E-state index contributed by atoms with van der Waals surface area (Å²) in [5, 5.41) is 9.14. The first-order chi connectivity index (χ1) is 14.2. The molecule has 1 aliphatic heterocycles. The van der Waals surface area contributed by atoms with Gasteiger partial charge >= 0.3 is 0 Å². The Morgan fingerprint density at radius 2 is 1.93 bits per heavy atom. The molecule has 1 saturated heterocycles. The van der Waals surface area contributed by atoms with Crippen LogP contribution in [0.3, 0.4) is 0 Å². The molecule has 2 aromatic rings. The van der Waals surface area contributed by atoms with Crippen molar-refractivity contribution in [1.29, 1.82) is 0 Å². The summed E-state index contributed by atoms with van der Waals surface area (Å²) in [6.45, 7) is 4.60. The second kappa shape index (κ2) is 10.7. The summed E-state index contributed by atoms with van der Waals surface area (Å²) in [7, 11) is 0. The van der Waals surface area contributed by atoms with E-state index in [2.05, 4.69) is 15.8 Å². The van der Waals surface area contributed by atoms with Crippen LogP contribution in [0.1, 0.15) is 50.0 Å². The molecule has 0 atom stereocenters. The van der Waals surface area contributed by atoms with E-state index in [9.17, 15) is 18.4 Å². The van der Waals surface area contributed by atoms with E-state index in [1.54, 1.807) is 12.1 Å². The molecular weight excluding hydrogens is 394 g/mol. The lowest BCUT2D eigenvalue weighted by Gasteiger charge is -2.07. The number of benzene rings is 1. The Morgan fingerprint density at radius 1 is 1.23 bits per heavy atom.